The predicted molar refractivity (Wildman–Crippen MR) is 114 cm³/mol. The molecule has 28 heavy (non-hydrogen) atoms. The highest BCUT2D eigenvalue weighted by atomic mass is 16.5. The van der Waals surface area contributed by atoms with Crippen LogP contribution in [0.5, 0.6) is 0 Å². The third kappa shape index (κ3) is 3.47. The molecular weight excluding hydrogens is 350 g/mol. The molecule has 5 nitrogen and oxygen atoms in total. The number of fused-ring (bicyclic) bond motifs is 1. The Morgan fingerprint density at radius 3 is 2.46 bits per heavy atom. The van der Waals surface area contributed by atoms with E-state index in [1.807, 2.05) is 23.1 Å². The van der Waals surface area contributed by atoms with E-state index in [1.54, 1.807) is 6.92 Å². The average Bonchev–Trinajstić information content (AvgIpc) is 2.72. The summed E-state index contributed by atoms with van der Waals surface area (Å²) in [6, 6.07) is 17.1. The number of ether oxygens (including phenoxy) is 1. The standard InChI is InChI=1S/C23H29N3O2/c1-16-17(2)26(18(3)27)22-10-9-20(25-11-13-28-14-12-25)15-21(22)23(16)24-19-7-5-4-6-8-19/h4-10,15-17,23-24H,11-14H2,1-3H3/t16-,17-,23+/m1/s1. The van der Waals surface area contributed by atoms with E-state index in [4.69, 9.17) is 4.74 Å². The van der Waals surface area contributed by atoms with Crippen molar-refractivity contribution in [1.29, 1.82) is 0 Å². The smallest absolute Gasteiger partial charge is 0.224 e. The monoisotopic (exact) mass is 379 g/mol. The molecule has 0 bridgehead atoms. The molecule has 0 radical (unpaired) electrons. The summed E-state index contributed by atoms with van der Waals surface area (Å²) in [5, 5.41) is 3.73. The molecule has 2 aliphatic heterocycles. The second kappa shape index (κ2) is 7.84. The van der Waals surface area contributed by atoms with Crippen molar-refractivity contribution in [2.24, 2.45) is 5.92 Å². The van der Waals surface area contributed by atoms with Gasteiger partial charge in [-0.1, -0.05) is 25.1 Å². The highest BCUT2D eigenvalue weighted by Gasteiger charge is 2.38. The Labute approximate surface area is 167 Å². The van der Waals surface area contributed by atoms with Gasteiger partial charge in [-0.3, -0.25) is 4.79 Å². The molecule has 2 aromatic carbocycles. The molecule has 0 aliphatic carbocycles. The summed E-state index contributed by atoms with van der Waals surface area (Å²) in [5.41, 5.74) is 4.51. The lowest BCUT2D eigenvalue weighted by Crippen LogP contribution is -2.48. The first-order chi connectivity index (χ1) is 13.6. The van der Waals surface area contributed by atoms with Gasteiger partial charge in [-0.05, 0) is 37.3 Å². The number of hydrogen-bond acceptors (Lipinski definition) is 4. The van der Waals surface area contributed by atoms with Crippen molar-refractivity contribution in [3.8, 4) is 0 Å². The second-order valence-corrected chi connectivity index (χ2v) is 7.82. The molecule has 148 valence electrons. The van der Waals surface area contributed by atoms with Gasteiger partial charge >= 0.3 is 0 Å². The maximum atomic E-state index is 12.4. The minimum absolute atomic E-state index is 0.0953. The van der Waals surface area contributed by atoms with Crippen molar-refractivity contribution in [2.45, 2.75) is 32.9 Å². The molecule has 1 fully saturated rings. The fourth-order valence-corrected chi connectivity index (χ4v) is 4.42. The number of carbonyl (C=O) groups excluding carboxylic acids is 1. The number of morpholine rings is 1. The molecule has 2 heterocycles. The molecule has 0 aromatic heterocycles. The van der Waals surface area contributed by atoms with E-state index in [2.05, 4.69) is 54.4 Å². The number of anilines is 3. The van der Waals surface area contributed by atoms with Crippen LogP contribution in [-0.2, 0) is 9.53 Å². The largest absolute Gasteiger partial charge is 0.378 e. The second-order valence-electron chi connectivity index (χ2n) is 7.82. The van der Waals surface area contributed by atoms with Crippen LogP contribution in [0.1, 0.15) is 32.4 Å². The van der Waals surface area contributed by atoms with E-state index in [0.717, 1.165) is 37.7 Å². The number of nitrogens with zero attached hydrogens (tertiary/aromatic N) is 2. The zero-order valence-electron chi connectivity index (χ0n) is 16.9. The highest BCUT2D eigenvalue weighted by Crippen LogP contribution is 2.44. The third-order valence-corrected chi connectivity index (χ3v) is 6.11. The minimum atomic E-state index is 0.0953. The number of amides is 1. The van der Waals surface area contributed by atoms with Crippen molar-refractivity contribution in [1.82, 2.24) is 0 Å². The Morgan fingerprint density at radius 1 is 1.07 bits per heavy atom. The van der Waals surface area contributed by atoms with Crippen molar-refractivity contribution in [3.63, 3.8) is 0 Å². The summed E-state index contributed by atoms with van der Waals surface area (Å²) in [6.45, 7) is 9.35. The van der Waals surface area contributed by atoms with Gasteiger partial charge in [-0.25, -0.2) is 0 Å². The molecule has 0 unspecified atom stereocenters. The zero-order valence-corrected chi connectivity index (χ0v) is 16.9. The molecule has 0 spiro atoms. The molecule has 2 aromatic rings. The van der Waals surface area contributed by atoms with Gasteiger partial charge in [0.05, 0.1) is 19.3 Å². The Hall–Kier alpha value is -2.53. The van der Waals surface area contributed by atoms with Crippen molar-refractivity contribution < 1.29 is 9.53 Å². The van der Waals surface area contributed by atoms with Gasteiger partial charge in [-0.2, -0.15) is 0 Å². The zero-order chi connectivity index (χ0) is 19.7. The SMILES string of the molecule is CC(=O)N1c2ccc(N3CCOCC3)cc2[C@@H](Nc2ccccc2)[C@H](C)[C@H]1C. The molecule has 1 saturated heterocycles. The molecule has 5 heteroatoms. The van der Waals surface area contributed by atoms with Gasteiger partial charge < -0.3 is 19.9 Å². The molecule has 1 amide bonds. The number of carbonyl (C=O) groups is 1. The average molecular weight is 380 g/mol. The quantitative estimate of drug-likeness (QED) is 0.873. The minimum Gasteiger partial charge on any atom is -0.378 e. The summed E-state index contributed by atoms with van der Waals surface area (Å²) >= 11 is 0. The highest BCUT2D eigenvalue weighted by molar-refractivity contribution is 5.94. The van der Waals surface area contributed by atoms with E-state index in [-0.39, 0.29) is 23.9 Å². The van der Waals surface area contributed by atoms with Crippen LogP contribution in [0.4, 0.5) is 17.1 Å². The van der Waals surface area contributed by atoms with E-state index < -0.39 is 0 Å². The van der Waals surface area contributed by atoms with Gasteiger partial charge in [0.1, 0.15) is 0 Å². The van der Waals surface area contributed by atoms with Crippen molar-refractivity contribution in [3.05, 3.63) is 54.1 Å². The first-order valence-electron chi connectivity index (χ1n) is 10.1. The van der Waals surface area contributed by atoms with E-state index in [9.17, 15) is 4.79 Å². The Kier molecular flexibility index (Phi) is 5.27. The van der Waals surface area contributed by atoms with Gasteiger partial charge in [0.15, 0.2) is 0 Å². The van der Waals surface area contributed by atoms with Crippen LogP contribution in [0.2, 0.25) is 0 Å². The molecular formula is C23H29N3O2. The van der Waals surface area contributed by atoms with E-state index in [0.29, 0.717) is 0 Å². The number of rotatable bonds is 3. The Bertz CT molecular complexity index is 833. The van der Waals surface area contributed by atoms with Crippen LogP contribution < -0.4 is 15.1 Å². The van der Waals surface area contributed by atoms with Crippen LogP contribution in [0.15, 0.2) is 48.5 Å². The van der Waals surface area contributed by atoms with Crippen LogP contribution in [0.3, 0.4) is 0 Å². The number of benzene rings is 2. The number of para-hydroxylation sites is 1. The van der Waals surface area contributed by atoms with Crippen molar-refractivity contribution in [2.75, 3.05) is 41.4 Å². The lowest BCUT2D eigenvalue weighted by molar-refractivity contribution is -0.117. The Balaban J connectivity index is 1.76. The lowest BCUT2D eigenvalue weighted by Gasteiger charge is -2.44. The summed E-state index contributed by atoms with van der Waals surface area (Å²) in [6.07, 6.45) is 0. The summed E-state index contributed by atoms with van der Waals surface area (Å²) < 4.78 is 5.51. The van der Waals surface area contributed by atoms with Crippen LogP contribution >= 0.6 is 0 Å². The van der Waals surface area contributed by atoms with Gasteiger partial charge in [0, 0.05) is 54.6 Å². The first-order valence-corrected chi connectivity index (χ1v) is 10.1. The third-order valence-electron chi connectivity index (χ3n) is 6.11. The maximum absolute atomic E-state index is 12.4. The summed E-state index contributed by atoms with van der Waals surface area (Å²) in [4.78, 5) is 16.8. The summed E-state index contributed by atoms with van der Waals surface area (Å²) in [5.74, 6) is 0.370. The molecule has 0 saturated carbocycles. The Morgan fingerprint density at radius 2 is 1.79 bits per heavy atom. The molecule has 3 atom stereocenters. The van der Waals surface area contributed by atoms with Crippen LogP contribution in [0.25, 0.3) is 0 Å². The van der Waals surface area contributed by atoms with E-state index in [1.165, 1.54) is 11.3 Å². The number of nitrogens with one attached hydrogen (secondary N) is 1. The first kappa shape index (κ1) is 18.8. The van der Waals surface area contributed by atoms with Crippen LogP contribution in [-0.4, -0.2) is 38.3 Å². The fraction of sp³-hybridized carbons (Fsp3) is 0.435. The van der Waals surface area contributed by atoms with Gasteiger partial charge in [-0.15, -0.1) is 0 Å². The number of hydrogen-bond donors (Lipinski definition) is 1. The predicted octanol–water partition coefficient (Wildman–Crippen LogP) is 4.07. The van der Waals surface area contributed by atoms with Crippen molar-refractivity contribution >= 4 is 23.0 Å². The van der Waals surface area contributed by atoms with Gasteiger partial charge in [0.25, 0.3) is 0 Å². The van der Waals surface area contributed by atoms with Crippen LogP contribution in [0, 0.1) is 5.92 Å². The molecule has 4 rings (SSSR count). The van der Waals surface area contributed by atoms with Gasteiger partial charge in [0.2, 0.25) is 5.91 Å². The summed E-state index contributed by atoms with van der Waals surface area (Å²) in [7, 11) is 0. The van der Waals surface area contributed by atoms with E-state index >= 15 is 0 Å². The topological polar surface area (TPSA) is 44.8 Å². The molecule has 2 aliphatic rings. The molecule has 1 N–H and O–H groups in total. The normalized spacial score (nSPS) is 24.6. The lowest BCUT2D eigenvalue weighted by atomic mass is 9.82. The fourth-order valence-electron chi connectivity index (χ4n) is 4.42. The maximum Gasteiger partial charge on any atom is 0.224 e.